The van der Waals surface area contributed by atoms with Gasteiger partial charge in [0.1, 0.15) is 17.2 Å². The smallest absolute Gasteiger partial charge is 0.271 e. The first-order valence-electron chi connectivity index (χ1n) is 9.22. The average Bonchev–Trinajstić information content (AvgIpc) is 3.07. The van der Waals surface area contributed by atoms with Crippen molar-refractivity contribution in [3.63, 3.8) is 0 Å². The van der Waals surface area contributed by atoms with Crippen LogP contribution in [0, 0.1) is 0 Å². The highest BCUT2D eigenvalue weighted by atomic mass is 32.2. The first-order valence-corrected chi connectivity index (χ1v) is 10.0. The summed E-state index contributed by atoms with van der Waals surface area (Å²) in [4.78, 5) is 15.0. The van der Waals surface area contributed by atoms with E-state index in [2.05, 4.69) is 10.2 Å². The van der Waals surface area contributed by atoms with Gasteiger partial charge in [-0.15, -0.1) is 5.10 Å². The van der Waals surface area contributed by atoms with E-state index in [9.17, 15) is 20.1 Å². The van der Waals surface area contributed by atoms with Crippen molar-refractivity contribution in [2.24, 2.45) is 10.2 Å². The van der Waals surface area contributed by atoms with E-state index in [1.54, 1.807) is 66.7 Å². The van der Waals surface area contributed by atoms with E-state index < -0.39 is 0 Å². The number of carbonyl (C=O) groups excluding carboxylic acids is 1. The Balaban J connectivity index is 1.67. The zero-order valence-electron chi connectivity index (χ0n) is 16.1. The summed E-state index contributed by atoms with van der Waals surface area (Å²) in [6, 6.07) is 19.2. The van der Waals surface area contributed by atoms with Gasteiger partial charge in [-0.1, -0.05) is 12.1 Å². The van der Waals surface area contributed by atoms with Gasteiger partial charge in [-0.25, -0.2) is 0 Å². The van der Waals surface area contributed by atoms with Gasteiger partial charge in [0.2, 0.25) is 5.17 Å². The molecular weight excluding hydrogens is 414 g/mol. The van der Waals surface area contributed by atoms with E-state index in [1.165, 1.54) is 35.0 Å². The lowest BCUT2D eigenvalue weighted by Crippen LogP contribution is -2.28. The molecule has 0 saturated carbocycles. The summed E-state index contributed by atoms with van der Waals surface area (Å²) >= 11 is 1.17. The zero-order valence-corrected chi connectivity index (χ0v) is 16.9. The van der Waals surface area contributed by atoms with Crippen LogP contribution in [0.25, 0.3) is 6.08 Å². The largest absolute Gasteiger partial charge is 0.508 e. The van der Waals surface area contributed by atoms with Crippen LogP contribution in [0.5, 0.6) is 17.2 Å². The lowest BCUT2D eigenvalue weighted by Gasteiger charge is -2.14. The minimum atomic E-state index is -0.276. The Hall–Kier alpha value is -4.04. The first kappa shape index (κ1) is 20.2. The Bertz CT molecular complexity index is 1190. The van der Waals surface area contributed by atoms with Crippen molar-refractivity contribution in [1.82, 2.24) is 0 Å². The molecule has 0 unspecified atom stereocenters. The van der Waals surface area contributed by atoms with Gasteiger partial charge in [0.15, 0.2) is 0 Å². The van der Waals surface area contributed by atoms with Gasteiger partial charge < -0.3 is 15.3 Å². The summed E-state index contributed by atoms with van der Waals surface area (Å²) in [5.74, 6) is 0.112. The summed E-state index contributed by atoms with van der Waals surface area (Å²) in [6.45, 7) is 0. The molecule has 4 rings (SSSR count). The topological polar surface area (TPSA) is 106 Å². The normalized spacial score (nSPS) is 16.6. The van der Waals surface area contributed by atoms with Crippen LogP contribution >= 0.6 is 11.8 Å². The van der Waals surface area contributed by atoms with Crippen LogP contribution in [0.2, 0.25) is 0 Å². The molecule has 3 aromatic rings. The lowest BCUT2D eigenvalue weighted by atomic mass is 10.2. The third-order valence-corrected chi connectivity index (χ3v) is 5.31. The van der Waals surface area contributed by atoms with Crippen LogP contribution in [0.15, 0.2) is 87.9 Å². The highest BCUT2D eigenvalue weighted by molar-refractivity contribution is 8.19. The van der Waals surface area contributed by atoms with Crippen LogP contribution in [0.1, 0.15) is 11.1 Å². The van der Waals surface area contributed by atoms with Gasteiger partial charge in [0.25, 0.3) is 5.91 Å². The minimum absolute atomic E-state index is 0.0896. The molecule has 1 amide bonds. The Morgan fingerprint density at radius 2 is 1.26 bits per heavy atom. The molecular formula is C23H17N3O4S. The van der Waals surface area contributed by atoms with Crippen molar-refractivity contribution >= 4 is 40.8 Å². The average molecular weight is 431 g/mol. The predicted octanol–water partition coefficient (Wildman–Crippen LogP) is 4.31. The highest BCUT2D eigenvalue weighted by Gasteiger charge is 2.35. The third-order valence-electron chi connectivity index (χ3n) is 4.35. The quantitative estimate of drug-likeness (QED) is 0.324. The summed E-state index contributed by atoms with van der Waals surface area (Å²) in [5, 5.41) is 37.1. The Morgan fingerprint density at radius 3 is 1.84 bits per heavy atom. The molecule has 0 bridgehead atoms. The number of anilines is 1. The van der Waals surface area contributed by atoms with Crippen molar-refractivity contribution < 1.29 is 20.1 Å². The van der Waals surface area contributed by atoms with E-state index in [-0.39, 0.29) is 23.2 Å². The van der Waals surface area contributed by atoms with Crippen molar-refractivity contribution in [2.45, 2.75) is 0 Å². The summed E-state index contributed by atoms with van der Waals surface area (Å²) in [5.41, 5.74) is 2.05. The molecule has 0 spiro atoms. The number of rotatable bonds is 4. The molecule has 8 heteroatoms. The van der Waals surface area contributed by atoms with E-state index >= 15 is 0 Å². The molecule has 1 aliphatic heterocycles. The highest BCUT2D eigenvalue weighted by Crippen LogP contribution is 2.36. The van der Waals surface area contributed by atoms with Gasteiger partial charge in [0.05, 0.1) is 16.8 Å². The number of hydrogen-bond acceptors (Lipinski definition) is 7. The van der Waals surface area contributed by atoms with Gasteiger partial charge in [-0.3, -0.25) is 9.69 Å². The predicted molar refractivity (Wildman–Crippen MR) is 122 cm³/mol. The van der Waals surface area contributed by atoms with Crippen molar-refractivity contribution in [2.75, 3.05) is 4.90 Å². The van der Waals surface area contributed by atoms with Gasteiger partial charge in [-0.05, 0) is 89.6 Å². The molecule has 3 aromatic carbocycles. The van der Waals surface area contributed by atoms with Gasteiger partial charge in [-0.2, -0.15) is 5.10 Å². The molecule has 1 heterocycles. The number of carbonyl (C=O) groups is 1. The van der Waals surface area contributed by atoms with Crippen LogP contribution in [-0.4, -0.2) is 32.6 Å². The SMILES string of the molecule is O=C1/C(=C/c2ccc(O)cc2)S/C(=N\N=C\c2ccc(O)cc2)N1c1ccc(O)cc1. The number of benzene rings is 3. The van der Waals surface area contributed by atoms with Gasteiger partial charge >= 0.3 is 0 Å². The Labute approximate surface area is 182 Å². The molecule has 1 saturated heterocycles. The standard InChI is InChI=1S/C23H17N3O4S/c27-18-7-1-15(2-8-18)13-21-22(30)26(17-5-11-20(29)12-6-17)23(31-21)25-24-14-16-3-9-19(28)10-4-16/h1-14,27-29H/b21-13-,24-14+,25-23-. The number of thioether (sulfide) groups is 1. The maximum atomic E-state index is 13.1. The second-order valence-corrected chi connectivity index (χ2v) is 7.59. The number of amides is 1. The van der Waals surface area contributed by atoms with Gasteiger partial charge in [0, 0.05) is 0 Å². The Morgan fingerprint density at radius 1 is 0.742 bits per heavy atom. The van der Waals surface area contributed by atoms with Crippen molar-refractivity contribution in [3.8, 4) is 17.2 Å². The fourth-order valence-corrected chi connectivity index (χ4v) is 3.74. The molecule has 0 aromatic heterocycles. The number of aromatic hydroxyl groups is 3. The van der Waals surface area contributed by atoms with Crippen LogP contribution in [0.4, 0.5) is 5.69 Å². The fourth-order valence-electron chi connectivity index (χ4n) is 2.80. The van der Waals surface area contributed by atoms with Crippen LogP contribution in [0.3, 0.4) is 0 Å². The number of amidine groups is 1. The van der Waals surface area contributed by atoms with E-state index in [4.69, 9.17) is 0 Å². The number of nitrogens with zero attached hydrogens (tertiary/aromatic N) is 3. The van der Waals surface area contributed by atoms with Crippen LogP contribution in [-0.2, 0) is 4.79 Å². The fraction of sp³-hybridized carbons (Fsp3) is 0. The number of hydrogen-bond donors (Lipinski definition) is 3. The number of phenols is 3. The van der Waals surface area contributed by atoms with E-state index in [0.29, 0.717) is 15.8 Å². The first-order chi connectivity index (χ1) is 15.0. The molecule has 1 aliphatic rings. The zero-order chi connectivity index (χ0) is 21.8. The molecule has 3 N–H and O–H groups in total. The maximum absolute atomic E-state index is 13.1. The van der Waals surface area contributed by atoms with E-state index in [0.717, 1.165) is 11.1 Å². The molecule has 0 aliphatic carbocycles. The molecule has 0 radical (unpaired) electrons. The lowest BCUT2D eigenvalue weighted by molar-refractivity contribution is -0.113. The minimum Gasteiger partial charge on any atom is -0.508 e. The van der Waals surface area contributed by atoms with Crippen molar-refractivity contribution in [1.29, 1.82) is 0 Å². The molecule has 7 nitrogen and oxygen atoms in total. The van der Waals surface area contributed by atoms with Crippen molar-refractivity contribution in [3.05, 3.63) is 88.8 Å². The number of phenolic OH excluding ortho intramolecular Hbond substituents is 3. The molecule has 1 fully saturated rings. The summed E-state index contributed by atoms with van der Waals surface area (Å²) in [6.07, 6.45) is 3.24. The second kappa shape index (κ2) is 8.76. The molecule has 0 atom stereocenters. The monoisotopic (exact) mass is 431 g/mol. The molecule has 154 valence electrons. The maximum Gasteiger partial charge on any atom is 0.271 e. The van der Waals surface area contributed by atoms with E-state index in [1.807, 2.05) is 0 Å². The third kappa shape index (κ3) is 4.76. The summed E-state index contributed by atoms with van der Waals surface area (Å²) < 4.78 is 0. The summed E-state index contributed by atoms with van der Waals surface area (Å²) in [7, 11) is 0. The molecule has 31 heavy (non-hydrogen) atoms. The van der Waals surface area contributed by atoms with Crippen LogP contribution < -0.4 is 4.90 Å². The Kier molecular flexibility index (Phi) is 5.72. The second-order valence-electron chi connectivity index (χ2n) is 6.58.